The number of nitrogens with one attached hydrogen (secondary N) is 2. The lowest BCUT2D eigenvalue weighted by Crippen LogP contribution is -2.19. The van der Waals surface area contributed by atoms with Crippen molar-refractivity contribution in [1.82, 2.24) is 10.3 Å². The van der Waals surface area contributed by atoms with E-state index in [1.54, 1.807) is 0 Å². The van der Waals surface area contributed by atoms with Crippen molar-refractivity contribution in [3.63, 3.8) is 0 Å². The van der Waals surface area contributed by atoms with Gasteiger partial charge < -0.3 is 10.6 Å². The average Bonchev–Trinajstić information content (AvgIpc) is 2.94. The van der Waals surface area contributed by atoms with Gasteiger partial charge in [-0.05, 0) is 25.5 Å². The first-order valence-electron chi connectivity index (χ1n) is 7.21. The highest BCUT2D eigenvalue weighted by atomic mass is 32.1. The molecule has 2 aromatic rings. The van der Waals surface area contributed by atoms with Crippen molar-refractivity contribution in [3.8, 4) is 0 Å². The van der Waals surface area contributed by atoms with Crippen LogP contribution in [-0.2, 0) is 11.2 Å². The first-order valence-corrected chi connectivity index (χ1v) is 8.09. The number of hydrogen-bond acceptors (Lipinski definition) is 4. The molecule has 1 amide bonds. The summed E-state index contributed by atoms with van der Waals surface area (Å²) in [6.45, 7) is 5.19. The molecule has 21 heavy (non-hydrogen) atoms. The smallest absolute Gasteiger partial charge is 0.230 e. The summed E-state index contributed by atoms with van der Waals surface area (Å²) in [6.07, 6.45) is 1.47. The quantitative estimate of drug-likeness (QED) is 0.824. The molecule has 5 heteroatoms. The number of aromatic nitrogens is 1. The summed E-state index contributed by atoms with van der Waals surface area (Å²) >= 11 is 1.47. The zero-order valence-corrected chi connectivity index (χ0v) is 13.2. The minimum atomic E-state index is -0.0312. The zero-order chi connectivity index (χ0) is 15.1. The van der Waals surface area contributed by atoms with Crippen LogP contribution in [0.15, 0.2) is 35.7 Å². The third-order valence-corrected chi connectivity index (χ3v) is 3.90. The van der Waals surface area contributed by atoms with Crippen molar-refractivity contribution in [1.29, 1.82) is 0 Å². The van der Waals surface area contributed by atoms with E-state index >= 15 is 0 Å². The number of thiazole rings is 1. The highest BCUT2D eigenvalue weighted by Gasteiger charge is 2.11. The first-order chi connectivity index (χ1) is 10.2. The summed E-state index contributed by atoms with van der Waals surface area (Å²) in [6, 6.07) is 9.92. The standard InChI is InChI=1S/C16H21N3OS/c1-3-9-17-12(2)14-11-21-16(18-14)19-15(20)10-13-7-5-4-6-8-13/h4-8,11-12,17H,3,9-10H2,1-2H3,(H,18,19,20). The number of benzene rings is 1. The van der Waals surface area contributed by atoms with E-state index in [1.165, 1.54) is 11.3 Å². The van der Waals surface area contributed by atoms with Gasteiger partial charge in [-0.15, -0.1) is 11.3 Å². The second-order valence-electron chi connectivity index (χ2n) is 4.96. The van der Waals surface area contributed by atoms with Gasteiger partial charge in [-0.2, -0.15) is 0 Å². The Hall–Kier alpha value is -1.72. The van der Waals surface area contributed by atoms with Crippen LogP contribution in [0.1, 0.15) is 37.6 Å². The summed E-state index contributed by atoms with van der Waals surface area (Å²) in [7, 11) is 0. The molecular weight excluding hydrogens is 282 g/mol. The lowest BCUT2D eigenvalue weighted by molar-refractivity contribution is -0.115. The maximum atomic E-state index is 12.0. The maximum Gasteiger partial charge on any atom is 0.230 e. The Morgan fingerprint density at radius 2 is 2.10 bits per heavy atom. The molecule has 0 fully saturated rings. The van der Waals surface area contributed by atoms with Gasteiger partial charge in [0.1, 0.15) is 0 Å². The van der Waals surface area contributed by atoms with Crippen LogP contribution in [0, 0.1) is 0 Å². The van der Waals surface area contributed by atoms with Crippen molar-refractivity contribution in [2.75, 3.05) is 11.9 Å². The van der Waals surface area contributed by atoms with Crippen LogP contribution in [0.25, 0.3) is 0 Å². The number of nitrogens with zero attached hydrogens (tertiary/aromatic N) is 1. The monoisotopic (exact) mass is 303 g/mol. The fourth-order valence-corrected chi connectivity index (χ4v) is 2.77. The zero-order valence-electron chi connectivity index (χ0n) is 12.4. The van der Waals surface area contributed by atoms with Crippen LogP contribution in [0.2, 0.25) is 0 Å². The molecule has 0 saturated heterocycles. The molecule has 0 radical (unpaired) electrons. The Labute approximate surface area is 129 Å². The second kappa shape index (κ2) is 7.90. The van der Waals surface area contributed by atoms with Gasteiger partial charge in [0.05, 0.1) is 12.1 Å². The third kappa shape index (κ3) is 4.95. The van der Waals surface area contributed by atoms with Crippen LogP contribution in [0.3, 0.4) is 0 Å². The first kappa shape index (κ1) is 15.7. The summed E-state index contributed by atoms with van der Waals surface area (Å²) in [5.41, 5.74) is 1.98. The molecular formula is C16H21N3OS. The Bertz CT molecular complexity index is 568. The Morgan fingerprint density at radius 1 is 1.33 bits per heavy atom. The van der Waals surface area contributed by atoms with E-state index < -0.39 is 0 Å². The Kier molecular flexibility index (Phi) is 5.90. The van der Waals surface area contributed by atoms with Crippen molar-refractivity contribution < 1.29 is 4.79 Å². The third-order valence-electron chi connectivity index (χ3n) is 3.12. The Morgan fingerprint density at radius 3 is 2.81 bits per heavy atom. The number of hydrogen-bond donors (Lipinski definition) is 2. The molecule has 0 aliphatic carbocycles. The lowest BCUT2D eigenvalue weighted by Gasteiger charge is -2.09. The molecule has 2 N–H and O–H groups in total. The topological polar surface area (TPSA) is 54.0 Å². The molecule has 1 atom stereocenters. The Balaban J connectivity index is 1.88. The van der Waals surface area contributed by atoms with Gasteiger partial charge in [0.2, 0.25) is 5.91 Å². The van der Waals surface area contributed by atoms with Crippen molar-refractivity contribution >= 4 is 22.4 Å². The fraction of sp³-hybridized carbons (Fsp3) is 0.375. The van der Waals surface area contributed by atoms with E-state index in [0.717, 1.165) is 24.2 Å². The number of amides is 1. The average molecular weight is 303 g/mol. The summed E-state index contributed by atoms with van der Waals surface area (Å²) in [5.74, 6) is -0.0312. The number of carbonyl (C=O) groups excluding carboxylic acids is 1. The molecule has 1 aromatic carbocycles. The molecule has 1 unspecified atom stereocenters. The van der Waals surface area contributed by atoms with Crippen LogP contribution in [0.5, 0.6) is 0 Å². The van der Waals surface area contributed by atoms with Crippen LogP contribution in [0.4, 0.5) is 5.13 Å². The number of rotatable bonds is 7. The van der Waals surface area contributed by atoms with Gasteiger partial charge in [0.25, 0.3) is 0 Å². The second-order valence-corrected chi connectivity index (χ2v) is 5.82. The highest BCUT2D eigenvalue weighted by Crippen LogP contribution is 2.20. The summed E-state index contributed by atoms with van der Waals surface area (Å²) < 4.78 is 0. The molecule has 0 spiro atoms. The lowest BCUT2D eigenvalue weighted by atomic mass is 10.1. The van der Waals surface area contributed by atoms with E-state index in [4.69, 9.17) is 0 Å². The van der Waals surface area contributed by atoms with Gasteiger partial charge in [-0.25, -0.2) is 4.98 Å². The number of carbonyl (C=O) groups is 1. The molecule has 4 nitrogen and oxygen atoms in total. The van der Waals surface area contributed by atoms with Crippen LogP contribution in [-0.4, -0.2) is 17.4 Å². The maximum absolute atomic E-state index is 12.0. The molecule has 0 aliphatic heterocycles. The highest BCUT2D eigenvalue weighted by molar-refractivity contribution is 7.13. The van der Waals surface area contributed by atoms with Gasteiger partial charge in [-0.1, -0.05) is 37.3 Å². The predicted molar refractivity (Wildman–Crippen MR) is 87.6 cm³/mol. The molecule has 0 aliphatic rings. The van der Waals surface area contributed by atoms with Gasteiger partial charge in [0.15, 0.2) is 5.13 Å². The van der Waals surface area contributed by atoms with Crippen LogP contribution < -0.4 is 10.6 Å². The minimum Gasteiger partial charge on any atom is -0.309 e. The minimum absolute atomic E-state index is 0.0312. The van der Waals surface area contributed by atoms with Gasteiger partial charge >= 0.3 is 0 Å². The molecule has 0 saturated carbocycles. The summed E-state index contributed by atoms with van der Waals surface area (Å²) in [4.78, 5) is 16.4. The van der Waals surface area contributed by atoms with Gasteiger partial charge in [-0.3, -0.25) is 4.79 Å². The molecule has 112 valence electrons. The van der Waals surface area contributed by atoms with E-state index in [1.807, 2.05) is 35.7 Å². The largest absolute Gasteiger partial charge is 0.309 e. The van der Waals surface area contributed by atoms with E-state index in [2.05, 4.69) is 29.5 Å². The van der Waals surface area contributed by atoms with Crippen LogP contribution >= 0.6 is 11.3 Å². The molecule has 1 aromatic heterocycles. The molecule has 2 rings (SSSR count). The molecule has 0 bridgehead atoms. The van der Waals surface area contributed by atoms with Crippen molar-refractivity contribution in [2.24, 2.45) is 0 Å². The fourth-order valence-electron chi connectivity index (χ4n) is 1.95. The van der Waals surface area contributed by atoms with Crippen molar-refractivity contribution in [2.45, 2.75) is 32.7 Å². The molecule has 1 heterocycles. The number of anilines is 1. The predicted octanol–water partition coefficient (Wildman–Crippen LogP) is 3.38. The van der Waals surface area contributed by atoms with E-state index in [9.17, 15) is 4.79 Å². The van der Waals surface area contributed by atoms with Gasteiger partial charge in [0, 0.05) is 11.4 Å². The van der Waals surface area contributed by atoms with Crippen molar-refractivity contribution in [3.05, 3.63) is 47.0 Å². The van der Waals surface area contributed by atoms with E-state index in [0.29, 0.717) is 11.6 Å². The van der Waals surface area contributed by atoms with E-state index in [-0.39, 0.29) is 11.9 Å². The SMILES string of the molecule is CCCNC(C)c1csc(NC(=O)Cc2ccccc2)n1. The summed E-state index contributed by atoms with van der Waals surface area (Å²) in [5, 5.41) is 8.90. The normalized spacial score (nSPS) is 12.1.